The minimum Gasteiger partial charge on any atom is -0.442 e. The predicted molar refractivity (Wildman–Crippen MR) is 91.3 cm³/mol. The van der Waals surface area contributed by atoms with E-state index in [1.54, 1.807) is 0 Å². The highest BCUT2D eigenvalue weighted by molar-refractivity contribution is 5.72. The molecule has 0 radical (unpaired) electrons. The first-order valence-corrected chi connectivity index (χ1v) is 10.4. The van der Waals surface area contributed by atoms with Gasteiger partial charge in [-0.2, -0.15) is 48.3 Å². The smallest absolute Gasteiger partial charge is 0.442 e. The van der Waals surface area contributed by atoms with Crippen LogP contribution in [0.15, 0.2) is 0 Å². The standard InChI is InChI=1S/C19H23F11O4/c1-3-10(2)12(31)33-14(18(25,26)27)9-13(17(22,23)24,11-7-5-4-6-8-11)34-16(32,15(14,20)21)19(28,29)30/h10-11,32H,3-9H2,1-2H3. The molecule has 1 heterocycles. The minimum absolute atomic E-state index is 0.0711. The van der Waals surface area contributed by atoms with Gasteiger partial charge in [0.15, 0.2) is 5.60 Å². The van der Waals surface area contributed by atoms with E-state index in [1.807, 2.05) is 0 Å². The third kappa shape index (κ3) is 4.13. The summed E-state index contributed by atoms with van der Waals surface area (Å²) < 4.78 is 164. The highest BCUT2D eigenvalue weighted by Gasteiger charge is 2.93. The molecule has 1 saturated heterocycles. The van der Waals surface area contributed by atoms with Crippen LogP contribution in [0, 0.1) is 11.8 Å². The average molecular weight is 524 g/mol. The monoisotopic (exact) mass is 524 g/mol. The lowest BCUT2D eigenvalue weighted by Gasteiger charge is -2.59. The maximum absolute atomic E-state index is 15.1. The number of hydrogen-bond donors (Lipinski definition) is 1. The molecule has 4 unspecified atom stereocenters. The van der Waals surface area contributed by atoms with Gasteiger partial charge >= 0.3 is 36.2 Å². The molecule has 0 amide bonds. The zero-order valence-electron chi connectivity index (χ0n) is 17.9. The van der Waals surface area contributed by atoms with Crippen LogP contribution in [0.2, 0.25) is 0 Å². The Bertz CT molecular complexity index is 757. The van der Waals surface area contributed by atoms with Crippen molar-refractivity contribution >= 4 is 5.97 Å². The van der Waals surface area contributed by atoms with Gasteiger partial charge in [-0.05, 0) is 25.2 Å². The summed E-state index contributed by atoms with van der Waals surface area (Å²) >= 11 is 0. The van der Waals surface area contributed by atoms with Gasteiger partial charge in [-0.25, -0.2) is 0 Å². The van der Waals surface area contributed by atoms with E-state index in [0.717, 1.165) is 6.92 Å². The van der Waals surface area contributed by atoms with Crippen molar-refractivity contribution in [2.75, 3.05) is 0 Å². The Balaban J connectivity index is 2.94. The molecule has 0 aromatic carbocycles. The van der Waals surface area contributed by atoms with Crippen LogP contribution in [-0.4, -0.2) is 52.5 Å². The van der Waals surface area contributed by atoms with Crippen molar-refractivity contribution in [3.05, 3.63) is 0 Å². The Hall–Kier alpha value is -1.38. The van der Waals surface area contributed by atoms with Gasteiger partial charge in [-0.15, -0.1) is 0 Å². The van der Waals surface area contributed by atoms with E-state index in [-0.39, 0.29) is 25.7 Å². The Morgan fingerprint density at radius 3 is 1.85 bits per heavy atom. The van der Waals surface area contributed by atoms with E-state index in [4.69, 9.17) is 0 Å². The minimum atomic E-state index is -6.85. The SMILES string of the molecule is CCC(C)C(=O)OC1(C(F)(F)F)CC(C2CCCCC2)(C(F)(F)F)OC(O)(C(F)(F)F)C1(F)F. The lowest BCUT2D eigenvalue weighted by Crippen LogP contribution is -2.83. The summed E-state index contributed by atoms with van der Waals surface area (Å²) in [6, 6.07) is 0. The summed E-state index contributed by atoms with van der Waals surface area (Å²) in [4.78, 5) is 12.1. The Kier molecular flexibility index (Phi) is 7.32. The van der Waals surface area contributed by atoms with Crippen molar-refractivity contribution in [2.45, 2.75) is 100 Å². The largest absolute Gasteiger partial charge is 0.449 e. The molecule has 1 N–H and O–H groups in total. The number of hydrogen-bond acceptors (Lipinski definition) is 4. The molecule has 2 rings (SSSR count). The van der Waals surface area contributed by atoms with E-state index in [9.17, 15) is 49.4 Å². The van der Waals surface area contributed by atoms with Crippen LogP contribution in [0.4, 0.5) is 48.3 Å². The number of carbonyl (C=O) groups excluding carboxylic acids is 1. The highest BCUT2D eigenvalue weighted by Crippen LogP contribution is 2.66. The molecule has 1 aliphatic heterocycles. The van der Waals surface area contributed by atoms with Crippen molar-refractivity contribution in [1.82, 2.24) is 0 Å². The maximum Gasteiger partial charge on any atom is 0.449 e. The van der Waals surface area contributed by atoms with E-state index >= 15 is 8.78 Å². The van der Waals surface area contributed by atoms with Crippen LogP contribution in [0.25, 0.3) is 0 Å². The first-order valence-electron chi connectivity index (χ1n) is 10.4. The summed E-state index contributed by atoms with van der Waals surface area (Å²) in [5.41, 5.74) is -10.2. The van der Waals surface area contributed by atoms with Gasteiger partial charge in [0.25, 0.3) is 5.60 Å². The second kappa shape index (κ2) is 8.63. The van der Waals surface area contributed by atoms with Gasteiger partial charge in [0.1, 0.15) is 0 Å². The molecular weight excluding hydrogens is 501 g/mol. The Labute approximate surface area is 186 Å². The van der Waals surface area contributed by atoms with Crippen LogP contribution in [0.3, 0.4) is 0 Å². The zero-order valence-corrected chi connectivity index (χ0v) is 17.9. The molecule has 0 bridgehead atoms. The molecule has 200 valence electrons. The van der Waals surface area contributed by atoms with Gasteiger partial charge in [0.05, 0.1) is 5.92 Å². The first kappa shape index (κ1) is 28.9. The number of ether oxygens (including phenoxy) is 2. The summed E-state index contributed by atoms with van der Waals surface area (Å²) in [6.45, 7) is 2.08. The third-order valence-corrected chi connectivity index (χ3v) is 6.65. The fourth-order valence-corrected chi connectivity index (χ4v) is 4.42. The van der Waals surface area contributed by atoms with Gasteiger partial charge in [-0.1, -0.05) is 33.1 Å². The third-order valence-electron chi connectivity index (χ3n) is 6.65. The number of alkyl halides is 11. The molecule has 0 aromatic heterocycles. The zero-order chi connectivity index (χ0) is 26.6. The second-order valence-electron chi connectivity index (χ2n) is 8.77. The molecule has 1 aliphatic carbocycles. The van der Waals surface area contributed by atoms with E-state index in [2.05, 4.69) is 9.47 Å². The quantitative estimate of drug-likeness (QED) is 0.359. The van der Waals surface area contributed by atoms with Crippen molar-refractivity contribution in [3.63, 3.8) is 0 Å². The molecule has 15 heteroatoms. The number of esters is 1. The van der Waals surface area contributed by atoms with Gasteiger partial charge in [0.2, 0.25) is 0 Å². The molecule has 0 aromatic rings. The van der Waals surface area contributed by atoms with Crippen LogP contribution in [0.1, 0.15) is 58.8 Å². The average Bonchev–Trinajstić information content (AvgIpc) is 2.68. The number of rotatable bonds is 4. The van der Waals surface area contributed by atoms with Crippen molar-refractivity contribution < 1.29 is 67.7 Å². The highest BCUT2D eigenvalue weighted by atomic mass is 19.4. The normalized spacial score (nSPS) is 34.5. The number of aliphatic hydroxyl groups is 1. The fourth-order valence-electron chi connectivity index (χ4n) is 4.42. The van der Waals surface area contributed by atoms with Crippen molar-refractivity contribution in [1.29, 1.82) is 0 Å². The molecule has 2 fully saturated rings. The molecule has 1 saturated carbocycles. The van der Waals surface area contributed by atoms with E-state index < -0.39 is 78.5 Å². The Morgan fingerprint density at radius 2 is 1.47 bits per heavy atom. The summed E-state index contributed by atoms with van der Waals surface area (Å²) in [7, 11) is 0. The van der Waals surface area contributed by atoms with E-state index in [1.165, 1.54) is 6.92 Å². The maximum atomic E-state index is 15.1. The molecule has 2 aliphatic rings. The van der Waals surface area contributed by atoms with Crippen LogP contribution < -0.4 is 0 Å². The molecule has 0 spiro atoms. The van der Waals surface area contributed by atoms with Crippen molar-refractivity contribution in [2.24, 2.45) is 11.8 Å². The predicted octanol–water partition coefficient (Wildman–Crippen LogP) is 6.06. The van der Waals surface area contributed by atoms with E-state index in [0.29, 0.717) is 0 Å². The molecule has 4 nitrogen and oxygen atoms in total. The topological polar surface area (TPSA) is 55.8 Å². The second-order valence-corrected chi connectivity index (χ2v) is 8.77. The summed E-state index contributed by atoms with van der Waals surface area (Å²) in [5, 5.41) is 9.88. The van der Waals surface area contributed by atoms with Crippen molar-refractivity contribution in [3.8, 4) is 0 Å². The number of halogens is 11. The van der Waals surface area contributed by atoms with Gasteiger partial charge < -0.3 is 14.6 Å². The van der Waals surface area contributed by atoms with Gasteiger partial charge in [0, 0.05) is 6.42 Å². The summed E-state index contributed by atoms with van der Waals surface area (Å²) in [5.74, 6) is -18.7. The summed E-state index contributed by atoms with van der Waals surface area (Å²) in [6.07, 6.45) is -23.9. The Morgan fingerprint density at radius 1 is 0.971 bits per heavy atom. The fraction of sp³-hybridized carbons (Fsp3) is 0.947. The number of carbonyl (C=O) groups is 1. The molecule has 34 heavy (non-hydrogen) atoms. The first-order chi connectivity index (χ1) is 15.1. The molecule has 4 atom stereocenters. The van der Waals surface area contributed by atoms with Gasteiger partial charge in [-0.3, -0.25) is 4.79 Å². The lowest BCUT2D eigenvalue weighted by atomic mass is 9.66. The van der Waals surface area contributed by atoms with Crippen LogP contribution in [-0.2, 0) is 14.3 Å². The lowest BCUT2D eigenvalue weighted by molar-refractivity contribution is -0.542. The van der Waals surface area contributed by atoms with Crippen LogP contribution >= 0.6 is 0 Å². The molecular formula is C19H23F11O4. The van der Waals surface area contributed by atoms with Crippen LogP contribution in [0.5, 0.6) is 0 Å².